The van der Waals surface area contributed by atoms with E-state index < -0.39 is 0 Å². The van der Waals surface area contributed by atoms with Crippen molar-refractivity contribution in [3.8, 4) is 22.3 Å². The maximum absolute atomic E-state index is 2.53. The second-order valence-corrected chi connectivity index (χ2v) is 26.2. The lowest BCUT2D eigenvalue weighted by Crippen LogP contribution is -2.38. The first-order valence-corrected chi connectivity index (χ1v) is 32.9. The van der Waals surface area contributed by atoms with E-state index in [4.69, 9.17) is 0 Å². The highest BCUT2D eigenvalue weighted by atomic mass is 15.1. The molecule has 15 aromatic rings. The minimum atomic E-state index is -0.112. The van der Waals surface area contributed by atoms with Crippen LogP contribution in [0, 0.1) is 5.92 Å². The fraction of sp³-hybridized carbons (Fsp3) is 0.0769. The molecule has 3 aliphatic carbocycles. The van der Waals surface area contributed by atoms with Crippen LogP contribution in [0.5, 0.6) is 0 Å². The number of nitrogens with zero attached hydrogens (tertiary/aromatic N) is 2. The molecule has 0 saturated heterocycles. The van der Waals surface area contributed by atoms with Gasteiger partial charge in [-0.1, -0.05) is 250 Å². The summed E-state index contributed by atoms with van der Waals surface area (Å²) in [6.45, 7) is 4.77. The van der Waals surface area contributed by atoms with Crippen LogP contribution in [0.1, 0.15) is 55.4 Å². The van der Waals surface area contributed by atoms with Gasteiger partial charge in [0.05, 0.1) is 0 Å². The summed E-state index contributed by atoms with van der Waals surface area (Å²) in [6.07, 6.45) is 10.3. The Kier molecular flexibility index (Phi) is 12.9. The van der Waals surface area contributed by atoms with E-state index >= 15 is 0 Å². The van der Waals surface area contributed by atoms with Crippen molar-refractivity contribution in [2.24, 2.45) is 5.92 Å². The van der Waals surface area contributed by atoms with Gasteiger partial charge in [0, 0.05) is 45.5 Å². The van der Waals surface area contributed by atoms with E-state index in [1.807, 2.05) is 0 Å². The smallest absolute Gasteiger partial charge is 0.0468 e. The molecule has 1 atom stereocenters. The molecule has 0 bridgehead atoms. The van der Waals surface area contributed by atoms with E-state index in [0.29, 0.717) is 0 Å². The molecule has 15 aromatic carbocycles. The van der Waals surface area contributed by atoms with Gasteiger partial charge in [0.2, 0.25) is 0 Å². The molecule has 0 heterocycles. The van der Waals surface area contributed by atoms with Crippen molar-refractivity contribution in [2.45, 2.75) is 38.5 Å². The number of anilines is 6. The largest absolute Gasteiger partial charge is 0.310 e. The van der Waals surface area contributed by atoms with E-state index in [0.717, 1.165) is 53.4 Å². The fourth-order valence-electron chi connectivity index (χ4n) is 16.0. The Balaban J connectivity index is 0.874. The van der Waals surface area contributed by atoms with Crippen molar-refractivity contribution in [1.29, 1.82) is 0 Å². The predicted octanol–water partition coefficient (Wildman–Crippen LogP) is 23.2. The van der Waals surface area contributed by atoms with E-state index in [-0.39, 0.29) is 11.3 Å². The van der Waals surface area contributed by atoms with Crippen LogP contribution in [0.4, 0.5) is 34.1 Å². The summed E-state index contributed by atoms with van der Waals surface area (Å²) in [7, 11) is 0. The molecule has 93 heavy (non-hydrogen) atoms. The first kappa shape index (κ1) is 54.6. The second-order valence-electron chi connectivity index (χ2n) is 26.2. The summed E-state index contributed by atoms with van der Waals surface area (Å²) in [6, 6.07) is 114. The third kappa shape index (κ3) is 9.23. The SMILES string of the molecule is CC1(C)c2ccccc2-c2ccc(-c3ccc4c5c(c6ccccc6c4c3)=C(c3ccc(N(c4ccc6ccccc6c4)c4ccc6ccccc6c4)cc3)CC(C3=CCCC=C3)C=5c3ccc(N(c4ccc5ccccc5c4)c4ccc5ccccc5c4)cc3)cc21. The molecule has 2 nitrogen and oxygen atoms in total. The van der Waals surface area contributed by atoms with Gasteiger partial charge >= 0.3 is 0 Å². The van der Waals surface area contributed by atoms with E-state index in [2.05, 4.69) is 345 Å². The van der Waals surface area contributed by atoms with Crippen molar-refractivity contribution in [3.63, 3.8) is 0 Å². The first-order chi connectivity index (χ1) is 45.8. The van der Waals surface area contributed by atoms with Gasteiger partial charge in [-0.2, -0.15) is 0 Å². The Labute approximate surface area is 542 Å². The molecule has 0 amide bonds. The molecule has 0 spiro atoms. The minimum Gasteiger partial charge on any atom is -0.310 e. The third-order valence-electron chi connectivity index (χ3n) is 20.6. The molecule has 1 unspecified atom stereocenters. The highest BCUT2D eigenvalue weighted by molar-refractivity contribution is 6.12. The quantitative estimate of drug-likeness (QED) is 0.126. The van der Waals surface area contributed by atoms with Gasteiger partial charge in [0.15, 0.2) is 0 Å². The van der Waals surface area contributed by atoms with Crippen molar-refractivity contribution >= 4 is 110 Å². The average Bonchev–Trinajstić information content (AvgIpc) is 0.925. The highest BCUT2D eigenvalue weighted by Crippen LogP contribution is 2.50. The normalized spacial score (nSPS) is 14.8. The Morgan fingerprint density at radius 3 is 1.28 bits per heavy atom. The lowest BCUT2D eigenvalue weighted by atomic mass is 9.73. The van der Waals surface area contributed by atoms with Gasteiger partial charge in [0.1, 0.15) is 0 Å². The summed E-state index contributed by atoms with van der Waals surface area (Å²) in [5.41, 5.74) is 21.1. The van der Waals surface area contributed by atoms with Crippen LogP contribution in [0.2, 0.25) is 0 Å². The molecule has 0 radical (unpaired) electrons. The van der Waals surface area contributed by atoms with E-state index in [9.17, 15) is 0 Å². The van der Waals surface area contributed by atoms with Crippen molar-refractivity contribution in [2.75, 3.05) is 9.80 Å². The zero-order chi connectivity index (χ0) is 61.7. The molecule has 0 saturated carbocycles. The molecule has 0 fully saturated rings. The lowest BCUT2D eigenvalue weighted by molar-refractivity contribution is 0.660. The Morgan fingerprint density at radius 2 is 0.742 bits per heavy atom. The summed E-state index contributed by atoms with van der Waals surface area (Å²) in [5.74, 6) is 0.0583. The fourth-order valence-corrected chi connectivity index (χ4v) is 16.0. The maximum Gasteiger partial charge on any atom is 0.0468 e. The number of rotatable bonds is 10. The molecule has 18 rings (SSSR count). The Bertz CT molecular complexity index is 5610. The van der Waals surface area contributed by atoms with Crippen LogP contribution in [-0.4, -0.2) is 0 Å². The zero-order valence-corrected chi connectivity index (χ0v) is 52.2. The Morgan fingerprint density at radius 1 is 0.312 bits per heavy atom. The highest BCUT2D eigenvalue weighted by Gasteiger charge is 2.36. The minimum absolute atomic E-state index is 0.0583. The molecule has 2 heteroatoms. The number of hydrogen-bond acceptors (Lipinski definition) is 2. The van der Waals surface area contributed by atoms with Crippen molar-refractivity contribution < 1.29 is 0 Å². The van der Waals surface area contributed by atoms with Gasteiger partial charge in [-0.3, -0.25) is 0 Å². The summed E-state index contributed by atoms with van der Waals surface area (Å²) in [5, 5.41) is 17.5. The standard InChI is InChI=1S/C91H66N2/c1-91(2)86-31-17-16-29-79(86)80-50-40-71(57-87(80)91)70-41-51-82-85(56-70)78-28-14-15-30-81(78)89-84(64-36-42-72(43-37-64)92(74-46-32-59-18-6-10-24-66(59)52-74)75-47-33-60-19-7-11-25-67(60)53-75)58-83(63-22-4-3-5-23-63)88(90(82)89)65-38-44-73(45-39-65)93(76-48-34-61-20-8-12-26-68(61)54-76)77-49-35-62-21-9-13-27-69(62)55-77/h4,6-57,83H,3,5,58H2,1-2H3. The monoisotopic (exact) mass is 1190 g/mol. The van der Waals surface area contributed by atoms with Crippen LogP contribution in [0.25, 0.3) is 98.0 Å². The summed E-state index contributed by atoms with van der Waals surface area (Å²) >= 11 is 0. The molecule has 0 N–H and O–H groups in total. The van der Waals surface area contributed by atoms with E-state index in [1.54, 1.807) is 0 Å². The summed E-state index contributed by atoms with van der Waals surface area (Å²) < 4.78 is 0. The zero-order valence-electron chi connectivity index (χ0n) is 52.2. The molecule has 3 aliphatic rings. The van der Waals surface area contributed by atoms with Crippen LogP contribution in [0.15, 0.2) is 327 Å². The average molecular weight is 1190 g/mol. The maximum atomic E-state index is 2.53. The Hall–Kier alpha value is -11.3. The topological polar surface area (TPSA) is 6.48 Å². The van der Waals surface area contributed by atoms with Gasteiger partial charge < -0.3 is 9.80 Å². The van der Waals surface area contributed by atoms with Gasteiger partial charge in [-0.15, -0.1) is 0 Å². The number of benzene rings is 15. The van der Waals surface area contributed by atoms with Gasteiger partial charge in [0.25, 0.3) is 0 Å². The first-order valence-electron chi connectivity index (χ1n) is 32.9. The van der Waals surface area contributed by atoms with Crippen LogP contribution >= 0.6 is 0 Å². The van der Waals surface area contributed by atoms with Crippen LogP contribution in [0.3, 0.4) is 0 Å². The number of hydrogen-bond donors (Lipinski definition) is 0. The van der Waals surface area contributed by atoms with Gasteiger partial charge in [-0.05, 0) is 240 Å². The number of allylic oxidation sites excluding steroid dienone is 4. The second kappa shape index (κ2) is 22.0. The number of fused-ring (bicyclic) bond motifs is 13. The van der Waals surface area contributed by atoms with Crippen LogP contribution < -0.4 is 20.2 Å². The third-order valence-corrected chi connectivity index (χ3v) is 20.6. The van der Waals surface area contributed by atoms with Crippen molar-refractivity contribution in [3.05, 3.63) is 360 Å². The predicted molar refractivity (Wildman–Crippen MR) is 396 cm³/mol. The molecular weight excluding hydrogens is 1120 g/mol. The molecule has 0 aromatic heterocycles. The van der Waals surface area contributed by atoms with Gasteiger partial charge in [-0.25, -0.2) is 0 Å². The molecular formula is C91H66N2. The van der Waals surface area contributed by atoms with E-state index in [1.165, 1.54) is 136 Å². The molecule has 440 valence electrons. The summed E-state index contributed by atoms with van der Waals surface area (Å²) in [4.78, 5) is 4.87. The van der Waals surface area contributed by atoms with Crippen molar-refractivity contribution in [1.82, 2.24) is 0 Å². The van der Waals surface area contributed by atoms with Crippen LogP contribution in [-0.2, 0) is 5.41 Å². The molecule has 0 aliphatic heterocycles. The lowest BCUT2D eigenvalue weighted by Gasteiger charge is -2.31.